The number of fused-ring (bicyclic) bond motifs is 15. The zero-order chi connectivity index (χ0) is 33.2. The van der Waals surface area contributed by atoms with Crippen molar-refractivity contribution < 1.29 is 0 Å². The van der Waals surface area contributed by atoms with Gasteiger partial charge in [0.15, 0.2) is 0 Å². The zero-order valence-corrected chi connectivity index (χ0v) is 29.7. The summed E-state index contributed by atoms with van der Waals surface area (Å²) in [4.78, 5) is 0. The van der Waals surface area contributed by atoms with Gasteiger partial charge in [-0.1, -0.05) is 127 Å². The highest BCUT2D eigenvalue weighted by Gasteiger charge is 2.21. The van der Waals surface area contributed by atoms with E-state index < -0.39 is 0 Å². The van der Waals surface area contributed by atoms with E-state index in [0.717, 1.165) is 0 Å². The van der Waals surface area contributed by atoms with Gasteiger partial charge in [-0.15, -0.1) is 34.0 Å². The van der Waals surface area contributed by atoms with Crippen molar-refractivity contribution in [3.8, 4) is 22.3 Å². The molecule has 0 bridgehead atoms. The number of hydrogen-bond donors (Lipinski definition) is 0. The third-order valence-corrected chi connectivity index (χ3v) is 14.5. The van der Waals surface area contributed by atoms with E-state index in [-0.39, 0.29) is 0 Å². The van der Waals surface area contributed by atoms with Crippen LogP contribution in [0.1, 0.15) is 0 Å². The lowest BCUT2D eigenvalue weighted by molar-refractivity contribution is 1.70. The van der Waals surface area contributed by atoms with Crippen molar-refractivity contribution in [1.82, 2.24) is 0 Å². The predicted molar refractivity (Wildman–Crippen MR) is 228 cm³/mol. The molecule has 9 aromatic carbocycles. The Morgan fingerprint density at radius 2 is 0.667 bits per heavy atom. The van der Waals surface area contributed by atoms with Crippen LogP contribution >= 0.6 is 34.0 Å². The summed E-state index contributed by atoms with van der Waals surface area (Å²) in [5.41, 5.74) is 5.15. The van der Waals surface area contributed by atoms with Gasteiger partial charge in [-0.25, -0.2) is 0 Å². The van der Waals surface area contributed by atoms with Gasteiger partial charge in [-0.3, -0.25) is 0 Å². The Balaban J connectivity index is 1.16. The first-order valence-corrected chi connectivity index (χ1v) is 19.8. The lowest BCUT2D eigenvalue weighted by Gasteiger charge is -2.18. The Bertz CT molecular complexity index is 3370. The second-order valence-corrected chi connectivity index (χ2v) is 16.7. The van der Waals surface area contributed by atoms with Crippen molar-refractivity contribution in [3.05, 3.63) is 158 Å². The summed E-state index contributed by atoms with van der Waals surface area (Å²) in [7, 11) is 0. The standard InChI is InChI=1S/C48H26S3/c1-3-14-33-31(12-1)43(32-13-2-4-15-34(32)44(33)28-21-23-30-29-11-7-9-19-39(29)49-42(30)26-28)27-22-24-41-38(25-27)46-36-17-6-5-16-35(36)45-37-18-8-10-20-40(37)50-47(45)48(46)51-41/h1-26H. The lowest BCUT2D eigenvalue weighted by Crippen LogP contribution is -1.90. The van der Waals surface area contributed by atoms with Gasteiger partial charge in [-0.2, -0.15) is 0 Å². The van der Waals surface area contributed by atoms with Crippen LogP contribution in [0.25, 0.3) is 115 Å². The maximum absolute atomic E-state index is 2.48. The lowest BCUT2D eigenvalue weighted by atomic mass is 9.85. The van der Waals surface area contributed by atoms with Crippen LogP contribution in [0.4, 0.5) is 0 Å². The van der Waals surface area contributed by atoms with Crippen LogP contribution in [0.2, 0.25) is 0 Å². The van der Waals surface area contributed by atoms with Crippen molar-refractivity contribution in [1.29, 1.82) is 0 Å². The summed E-state index contributed by atoms with van der Waals surface area (Å²) >= 11 is 5.77. The topological polar surface area (TPSA) is 0 Å². The molecule has 0 nitrogen and oxygen atoms in total. The average molecular weight is 699 g/mol. The van der Waals surface area contributed by atoms with Crippen molar-refractivity contribution in [2.45, 2.75) is 0 Å². The van der Waals surface area contributed by atoms with E-state index in [1.165, 1.54) is 115 Å². The number of benzene rings is 9. The molecule has 0 fully saturated rings. The van der Waals surface area contributed by atoms with Crippen LogP contribution in [0, 0.1) is 0 Å². The summed E-state index contributed by atoms with van der Waals surface area (Å²) in [6.45, 7) is 0. The molecule has 0 atom stereocenters. The fraction of sp³-hybridized carbons (Fsp3) is 0. The largest absolute Gasteiger partial charge is 0.135 e. The molecule has 0 saturated carbocycles. The molecule has 12 rings (SSSR count). The molecule has 12 aromatic rings. The Morgan fingerprint density at radius 3 is 1.27 bits per heavy atom. The van der Waals surface area contributed by atoms with Gasteiger partial charge in [0.2, 0.25) is 0 Å². The van der Waals surface area contributed by atoms with Gasteiger partial charge in [0.25, 0.3) is 0 Å². The maximum Gasteiger partial charge on any atom is 0.0540 e. The van der Waals surface area contributed by atoms with Crippen LogP contribution in [-0.4, -0.2) is 0 Å². The van der Waals surface area contributed by atoms with Crippen LogP contribution in [0.5, 0.6) is 0 Å². The zero-order valence-electron chi connectivity index (χ0n) is 27.2. The Kier molecular flexibility index (Phi) is 5.78. The third-order valence-electron chi connectivity index (χ3n) is 10.8. The van der Waals surface area contributed by atoms with E-state index in [2.05, 4.69) is 158 Å². The summed E-state index contributed by atoms with van der Waals surface area (Å²) in [5.74, 6) is 0. The predicted octanol–water partition coefficient (Wildman–Crippen LogP) is 15.6. The molecule has 0 amide bonds. The van der Waals surface area contributed by atoms with Gasteiger partial charge >= 0.3 is 0 Å². The summed E-state index contributed by atoms with van der Waals surface area (Å²) in [6, 6.07) is 59.1. The maximum atomic E-state index is 2.48. The molecular formula is C48H26S3. The molecule has 0 aliphatic heterocycles. The van der Waals surface area contributed by atoms with Crippen LogP contribution in [0.3, 0.4) is 0 Å². The van der Waals surface area contributed by atoms with Crippen LogP contribution in [0.15, 0.2) is 158 Å². The first-order chi connectivity index (χ1) is 25.3. The second-order valence-electron chi connectivity index (χ2n) is 13.5. The quantitative estimate of drug-likeness (QED) is 0.158. The molecule has 0 N–H and O–H groups in total. The first kappa shape index (κ1) is 28.2. The Labute approximate surface area is 305 Å². The number of rotatable bonds is 2. The van der Waals surface area contributed by atoms with Crippen molar-refractivity contribution in [2.24, 2.45) is 0 Å². The molecule has 0 saturated heterocycles. The second kappa shape index (κ2) is 10.5. The third kappa shape index (κ3) is 3.89. The summed E-state index contributed by atoms with van der Waals surface area (Å²) < 4.78 is 8.17. The van der Waals surface area contributed by atoms with E-state index in [9.17, 15) is 0 Å². The number of hydrogen-bond acceptors (Lipinski definition) is 3. The van der Waals surface area contributed by atoms with Gasteiger partial charge in [0, 0.05) is 51.1 Å². The Morgan fingerprint density at radius 1 is 0.255 bits per heavy atom. The smallest absolute Gasteiger partial charge is 0.0540 e. The molecule has 0 aliphatic carbocycles. The molecule has 3 heterocycles. The minimum Gasteiger partial charge on any atom is -0.135 e. The molecule has 3 heteroatoms. The molecule has 0 unspecified atom stereocenters. The highest BCUT2D eigenvalue weighted by atomic mass is 32.1. The van der Waals surface area contributed by atoms with Crippen molar-refractivity contribution in [2.75, 3.05) is 0 Å². The first-order valence-electron chi connectivity index (χ1n) is 17.3. The van der Waals surface area contributed by atoms with Gasteiger partial charge in [0.1, 0.15) is 0 Å². The van der Waals surface area contributed by atoms with Crippen LogP contribution < -0.4 is 0 Å². The van der Waals surface area contributed by atoms with E-state index in [0.29, 0.717) is 0 Å². The number of thiophene rings is 3. The Hall–Kier alpha value is -5.58. The molecule has 236 valence electrons. The molecule has 51 heavy (non-hydrogen) atoms. The fourth-order valence-corrected chi connectivity index (χ4v) is 12.4. The highest BCUT2D eigenvalue weighted by molar-refractivity contribution is 7.33. The van der Waals surface area contributed by atoms with Crippen molar-refractivity contribution in [3.63, 3.8) is 0 Å². The molecule has 0 aliphatic rings. The molecule has 0 spiro atoms. The van der Waals surface area contributed by atoms with E-state index in [4.69, 9.17) is 0 Å². The SMILES string of the molecule is c1ccc2c(c1)sc1cc(-c3c4ccccc4c(-c4ccc5sc6c7sc8ccccc8c7c7ccccc7c6c5c4)c4ccccc34)ccc12. The van der Waals surface area contributed by atoms with Gasteiger partial charge < -0.3 is 0 Å². The summed E-state index contributed by atoms with van der Waals surface area (Å²) in [6.07, 6.45) is 0. The molecule has 0 radical (unpaired) electrons. The minimum atomic E-state index is 1.27. The molecular weight excluding hydrogens is 673 g/mol. The van der Waals surface area contributed by atoms with E-state index in [1.807, 2.05) is 34.0 Å². The monoisotopic (exact) mass is 698 g/mol. The van der Waals surface area contributed by atoms with Crippen molar-refractivity contribution >= 4 is 127 Å². The highest BCUT2D eigenvalue weighted by Crippen LogP contribution is 2.51. The van der Waals surface area contributed by atoms with Gasteiger partial charge in [-0.05, 0) is 84.9 Å². The van der Waals surface area contributed by atoms with Gasteiger partial charge in [0.05, 0.1) is 9.40 Å². The van der Waals surface area contributed by atoms with E-state index >= 15 is 0 Å². The summed E-state index contributed by atoms with van der Waals surface area (Å²) in [5, 5.41) is 16.0. The normalized spacial score (nSPS) is 12.3. The van der Waals surface area contributed by atoms with E-state index in [1.54, 1.807) is 0 Å². The van der Waals surface area contributed by atoms with Crippen LogP contribution in [-0.2, 0) is 0 Å². The molecule has 3 aromatic heterocycles. The fourth-order valence-electron chi connectivity index (χ4n) is 8.70. The average Bonchev–Trinajstić information content (AvgIpc) is 3.88. The minimum absolute atomic E-state index is 1.27.